The van der Waals surface area contributed by atoms with E-state index in [2.05, 4.69) is 11.8 Å². The molecule has 2 fully saturated rings. The lowest BCUT2D eigenvalue weighted by Gasteiger charge is -2.39. The molecule has 1 saturated heterocycles. The van der Waals surface area contributed by atoms with Crippen LogP contribution in [0.2, 0.25) is 0 Å². The number of nitrogens with zero attached hydrogens (tertiary/aromatic N) is 2. The van der Waals surface area contributed by atoms with Gasteiger partial charge in [0, 0.05) is 37.8 Å². The Morgan fingerprint density at radius 3 is 2.60 bits per heavy atom. The lowest BCUT2D eigenvalue weighted by Crippen LogP contribution is -2.54. The van der Waals surface area contributed by atoms with Crippen LogP contribution in [0.1, 0.15) is 25.3 Å². The van der Waals surface area contributed by atoms with Gasteiger partial charge < -0.3 is 4.90 Å². The quantitative estimate of drug-likeness (QED) is 0.787. The summed E-state index contributed by atoms with van der Waals surface area (Å²) in [6.07, 6.45) is 6.30. The molecule has 1 aromatic carbocycles. The van der Waals surface area contributed by atoms with E-state index in [0.717, 1.165) is 31.2 Å². The highest BCUT2D eigenvalue weighted by Gasteiger charge is 2.34. The Kier molecular flexibility index (Phi) is 3.88. The zero-order valence-electron chi connectivity index (χ0n) is 12.0. The van der Waals surface area contributed by atoms with Gasteiger partial charge >= 0.3 is 0 Å². The average molecular weight is 270 g/mol. The van der Waals surface area contributed by atoms with E-state index in [1.807, 2.05) is 41.3 Å². The minimum absolute atomic E-state index is 0.136. The first-order chi connectivity index (χ1) is 9.74. The van der Waals surface area contributed by atoms with Crippen LogP contribution in [-0.2, 0) is 4.79 Å². The van der Waals surface area contributed by atoms with Crippen molar-refractivity contribution in [2.75, 3.05) is 19.6 Å². The van der Waals surface area contributed by atoms with Crippen molar-refractivity contribution >= 4 is 12.0 Å². The molecular formula is C17H22N2O. The molecule has 1 amide bonds. The number of benzene rings is 1. The molecule has 1 atom stereocenters. The molecule has 0 bridgehead atoms. The van der Waals surface area contributed by atoms with Crippen molar-refractivity contribution in [2.24, 2.45) is 0 Å². The van der Waals surface area contributed by atoms with Crippen molar-refractivity contribution in [3.63, 3.8) is 0 Å². The summed E-state index contributed by atoms with van der Waals surface area (Å²) in [5.74, 6) is 0.136. The van der Waals surface area contributed by atoms with Gasteiger partial charge in [-0.05, 0) is 31.4 Å². The van der Waals surface area contributed by atoms with Crippen molar-refractivity contribution < 1.29 is 4.79 Å². The third-order valence-corrected chi connectivity index (χ3v) is 4.22. The fourth-order valence-electron chi connectivity index (χ4n) is 2.91. The van der Waals surface area contributed by atoms with E-state index < -0.39 is 0 Å². The van der Waals surface area contributed by atoms with Crippen LogP contribution in [0.4, 0.5) is 0 Å². The number of carbonyl (C=O) groups excluding carboxylic acids is 1. The molecule has 1 unspecified atom stereocenters. The third kappa shape index (κ3) is 3.10. The number of hydrogen-bond donors (Lipinski definition) is 0. The number of rotatable bonds is 3. The Morgan fingerprint density at radius 2 is 1.95 bits per heavy atom. The van der Waals surface area contributed by atoms with E-state index in [-0.39, 0.29) is 5.91 Å². The maximum atomic E-state index is 12.3. The Hall–Kier alpha value is -1.61. The fraction of sp³-hybridized carbons (Fsp3) is 0.471. The van der Waals surface area contributed by atoms with E-state index in [1.54, 1.807) is 6.08 Å². The second-order valence-corrected chi connectivity index (χ2v) is 5.85. The Labute approximate surface area is 120 Å². The first-order valence-electron chi connectivity index (χ1n) is 7.52. The smallest absolute Gasteiger partial charge is 0.246 e. The molecule has 1 aliphatic carbocycles. The van der Waals surface area contributed by atoms with E-state index in [4.69, 9.17) is 0 Å². The zero-order chi connectivity index (χ0) is 13.9. The molecule has 0 spiro atoms. The van der Waals surface area contributed by atoms with Crippen LogP contribution in [0.25, 0.3) is 6.08 Å². The van der Waals surface area contributed by atoms with Crippen LogP contribution < -0.4 is 0 Å². The van der Waals surface area contributed by atoms with Gasteiger partial charge in [-0.25, -0.2) is 0 Å². The topological polar surface area (TPSA) is 23.6 Å². The van der Waals surface area contributed by atoms with Crippen molar-refractivity contribution in [1.82, 2.24) is 9.80 Å². The highest BCUT2D eigenvalue weighted by molar-refractivity contribution is 5.92. The van der Waals surface area contributed by atoms with Crippen LogP contribution in [0.3, 0.4) is 0 Å². The van der Waals surface area contributed by atoms with E-state index in [9.17, 15) is 4.79 Å². The maximum Gasteiger partial charge on any atom is 0.246 e. The number of amides is 1. The number of hydrogen-bond acceptors (Lipinski definition) is 2. The Bertz CT molecular complexity index is 493. The predicted molar refractivity (Wildman–Crippen MR) is 81.2 cm³/mol. The van der Waals surface area contributed by atoms with E-state index in [0.29, 0.717) is 6.04 Å². The molecule has 1 aromatic rings. The molecular weight excluding hydrogens is 248 g/mol. The van der Waals surface area contributed by atoms with Gasteiger partial charge in [0.15, 0.2) is 0 Å². The van der Waals surface area contributed by atoms with Crippen LogP contribution in [0.15, 0.2) is 36.4 Å². The van der Waals surface area contributed by atoms with Gasteiger partial charge in [0.2, 0.25) is 5.91 Å². The number of carbonyl (C=O) groups is 1. The molecule has 1 heterocycles. The summed E-state index contributed by atoms with van der Waals surface area (Å²) in [5, 5.41) is 0. The summed E-state index contributed by atoms with van der Waals surface area (Å²) < 4.78 is 0. The van der Waals surface area contributed by atoms with Crippen molar-refractivity contribution in [3.05, 3.63) is 42.0 Å². The van der Waals surface area contributed by atoms with Crippen molar-refractivity contribution in [1.29, 1.82) is 0 Å². The van der Waals surface area contributed by atoms with Gasteiger partial charge in [-0.1, -0.05) is 30.3 Å². The molecule has 1 saturated carbocycles. The molecule has 1 aliphatic heterocycles. The summed E-state index contributed by atoms with van der Waals surface area (Å²) >= 11 is 0. The first kappa shape index (κ1) is 13.4. The number of piperazine rings is 1. The van der Waals surface area contributed by atoms with Crippen LogP contribution >= 0.6 is 0 Å². The molecule has 3 nitrogen and oxygen atoms in total. The summed E-state index contributed by atoms with van der Waals surface area (Å²) in [4.78, 5) is 16.8. The minimum Gasteiger partial charge on any atom is -0.334 e. The Morgan fingerprint density at radius 1 is 1.20 bits per heavy atom. The molecule has 106 valence electrons. The lowest BCUT2D eigenvalue weighted by atomic mass is 10.1. The lowest BCUT2D eigenvalue weighted by molar-refractivity contribution is -0.130. The fourth-order valence-corrected chi connectivity index (χ4v) is 2.91. The molecule has 2 aliphatic rings. The van der Waals surface area contributed by atoms with Crippen LogP contribution in [-0.4, -0.2) is 47.4 Å². The van der Waals surface area contributed by atoms with E-state index in [1.165, 1.54) is 12.8 Å². The van der Waals surface area contributed by atoms with Crippen molar-refractivity contribution in [3.8, 4) is 0 Å². The Balaban J connectivity index is 1.58. The third-order valence-electron chi connectivity index (χ3n) is 4.22. The molecule has 0 radical (unpaired) electrons. The van der Waals surface area contributed by atoms with Gasteiger partial charge in [-0.3, -0.25) is 9.69 Å². The highest BCUT2D eigenvalue weighted by atomic mass is 16.2. The summed E-state index contributed by atoms with van der Waals surface area (Å²) in [5.41, 5.74) is 1.07. The van der Waals surface area contributed by atoms with Crippen LogP contribution in [0.5, 0.6) is 0 Å². The summed E-state index contributed by atoms with van der Waals surface area (Å²) in [7, 11) is 0. The standard InChI is InChI=1S/C17H22N2O/c1-14-13-18(16-8-9-16)11-12-19(14)17(20)10-7-15-5-3-2-4-6-15/h2-7,10,14,16H,8-9,11-13H2,1H3/b10-7+. The van der Waals surface area contributed by atoms with Gasteiger partial charge in [0.05, 0.1) is 0 Å². The monoisotopic (exact) mass is 270 g/mol. The molecule has 3 rings (SSSR count). The van der Waals surface area contributed by atoms with Gasteiger partial charge in [-0.15, -0.1) is 0 Å². The molecule has 0 aromatic heterocycles. The van der Waals surface area contributed by atoms with Crippen LogP contribution in [0, 0.1) is 0 Å². The SMILES string of the molecule is CC1CN(C2CC2)CCN1C(=O)/C=C/c1ccccc1. The summed E-state index contributed by atoms with van der Waals surface area (Å²) in [6, 6.07) is 11.1. The normalized spacial score (nSPS) is 24.2. The zero-order valence-corrected chi connectivity index (χ0v) is 12.0. The predicted octanol–water partition coefficient (Wildman–Crippen LogP) is 2.39. The maximum absolute atomic E-state index is 12.3. The molecule has 0 N–H and O–H groups in total. The van der Waals surface area contributed by atoms with Gasteiger partial charge in [0.25, 0.3) is 0 Å². The molecule has 20 heavy (non-hydrogen) atoms. The summed E-state index contributed by atoms with van der Waals surface area (Å²) in [6.45, 7) is 5.06. The molecule has 3 heteroatoms. The highest BCUT2D eigenvalue weighted by Crippen LogP contribution is 2.28. The van der Waals surface area contributed by atoms with Crippen molar-refractivity contribution in [2.45, 2.75) is 31.8 Å². The average Bonchev–Trinajstić information content (AvgIpc) is 3.30. The van der Waals surface area contributed by atoms with E-state index >= 15 is 0 Å². The van der Waals surface area contributed by atoms with Gasteiger partial charge in [-0.2, -0.15) is 0 Å². The van der Waals surface area contributed by atoms with Gasteiger partial charge in [0.1, 0.15) is 0 Å². The minimum atomic E-state index is 0.136. The first-order valence-corrected chi connectivity index (χ1v) is 7.52. The largest absolute Gasteiger partial charge is 0.334 e. The second kappa shape index (κ2) is 5.80. The second-order valence-electron chi connectivity index (χ2n) is 5.85.